The summed E-state index contributed by atoms with van der Waals surface area (Å²) >= 11 is 0. The zero-order valence-corrected chi connectivity index (χ0v) is 17.1. The number of nitrogens with one attached hydrogen (secondary N) is 1. The summed E-state index contributed by atoms with van der Waals surface area (Å²) < 4.78 is 11.5. The summed E-state index contributed by atoms with van der Waals surface area (Å²) in [5, 5.41) is 3.08. The molecule has 29 heavy (non-hydrogen) atoms. The first-order valence-electron chi connectivity index (χ1n) is 10.8. The van der Waals surface area contributed by atoms with Crippen molar-refractivity contribution in [1.29, 1.82) is 0 Å². The van der Waals surface area contributed by atoms with Crippen molar-refractivity contribution in [3.63, 3.8) is 0 Å². The Morgan fingerprint density at radius 1 is 1.21 bits per heavy atom. The number of hydrogen-bond acceptors (Lipinski definition) is 6. The number of hydrogen-bond donors (Lipinski definition) is 1. The second kappa shape index (κ2) is 9.39. The first-order valence-corrected chi connectivity index (χ1v) is 10.8. The van der Waals surface area contributed by atoms with Crippen LogP contribution in [0.25, 0.3) is 11.0 Å². The Kier molecular flexibility index (Phi) is 6.44. The molecule has 2 saturated heterocycles. The largest absolute Gasteiger partial charge is 0.475 e. The minimum atomic E-state index is 0.0427. The van der Waals surface area contributed by atoms with Crippen LogP contribution in [0.15, 0.2) is 24.3 Å². The third kappa shape index (κ3) is 4.78. The van der Waals surface area contributed by atoms with Gasteiger partial charge < -0.3 is 19.7 Å². The van der Waals surface area contributed by atoms with Crippen molar-refractivity contribution in [3.05, 3.63) is 24.3 Å². The van der Waals surface area contributed by atoms with Gasteiger partial charge in [0.05, 0.1) is 23.7 Å². The zero-order valence-electron chi connectivity index (χ0n) is 17.1. The molecule has 1 aromatic carbocycles. The van der Waals surface area contributed by atoms with Crippen molar-refractivity contribution < 1.29 is 14.3 Å². The van der Waals surface area contributed by atoms with E-state index in [-0.39, 0.29) is 17.9 Å². The highest BCUT2D eigenvalue weighted by atomic mass is 16.5. The third-order valence-electron chi connectivity index (χ3n) is 5.66. The number of aromatic nitrogens is 2. The molecule has 4 rings (SSSR count). The lowest BCUT2D eigenvalue weighted by Gasteiger charge is -2.32. The second-order valence-corrected chi connectivity index (χ2v) is 7.83. The summed E-state index contributed by atoms with van der Waals surface area (Å²) in [5.41, 5.74) is 1.70. The van der Waals surface area contributed by atoms with Gasteiger partial charge in [-0.1, -0.05) is 19.1 Å². The number of ether oxygens (including phenoxy) is 2. The number of anilines is 1. The quantitative estimate of drug-likeness (QED) is 0.773. The lowest BCUT2D eigenvalue weighted by Crippen LogP contribution is -2.42. The maximum atomic E-state index is 12.5. The zero-order chi connectivity index (χ0) is 20.1. The molecular weight excluding hydrogens is 368 g/mol. The lowest BCUT2D eigenvalue weighted by molar-refractivity contribution is -0.126. The van der Waals surface area contributed by atoms with Gasteiger partial charge in [-0.3, -0.25) is 4.79 Å². The van der Waals surface area contributed by atoms with E-state index >= 15 is 0 Å². The van der Waals surface area contributed by atoms with Gasteiger partial charge in [-0.2, -0.15) is 0 Å². The van der Waals surface area contributed by atoms with Gasteiger partial charge in [0.15, 0.2) is 5.82 Å². The average Bonchev–Trinajstić information content (AvgIpc) is 3.29. The lowest BCUT2D eigenvalue weighted by atomic mass is 9.96. The highest BCUT2D eigenvalue weighted by molar-refractivity contribution is 5.79. The molecule has 1 N–H and O–H groups in total. The molecule has 1 atom stereocenters. The molecule has 0 radical (unpaired) electrons. The summed E-state index contributed by atoms with van der Waals surface area (Å²) in [6, 6.07) is 7.86. The van der Waals surface area contributed by atoms with Gasteiger partial charge in [0, 0.05) is 32.2 Å². The SMILES string of the molecule is CCCOc1nc2ccccc2nc1N1CCC(C(=O)NCC2CCCO2)CC1. The predicted octanol–water partition coefficient (Wildman–Crippen LogP) is 2.93. The molecule has 2 aliphatic rings. The van der Waals surface area contributed by atoms with Gasteiger partial charge in [-0.15, -0.1) is 0 Å². The predicted molar refractivity (Wildman–Crippen MR) is 112 cm³/mol. The van der Waals surface area contributed by atoms with Gasteiger partial charge in [0.1, 0.15) is 0 Å². The highest BCUT2D eigenvalue weighted by Crippen LogP contribution is 2.30. The standard InChI is InChI=1S/C22H30N4O3/c1-2-13-29-22-20(24-18-7-3-4-8-19(18)25-22)26-11-9-16(10-12-26)21(27)23-15-17-6-5-14-28-17/h3-4,7-8,16-17H,2,5-6,9-15H2,1H3,(H,23,27). The molecule has 0 spiro atoms. The monoisotopic (exact) mass is 398 g/mol. The van der Waals surface area contributed by atoms with Crippen molar-refractivity contribution in [2.45, 2.75) is 45.1 Å². The Hall–Kier alpha value is -2.41. The summed E-state index contributed by atoms with van der Waals surface area (Å²) in [6.45, 7) is 5.68. The number of para-hydroxylation sites is 2. The van der Waals surface area contributed by atoms with Gasteiger partial charge >= 0.3 is 0 Å². The molecule has 0 aliphatic carbocycles. The van der Waals surface area contributed by atoms with Crippen LogP contribution >= 0.6 is 0 Å². The van der Waals surface area contributed by atoms with Crippen LogP contribution in [0.1, 0.15) is 39.0 Å². The molecule has 1 aromatic heterocycles. The average molecular weight is 399 g/mol. The van der Waals surface area contributed by atoms with Crippen molar-refractivity contribution in [2.24, 2.45) is 5.92 Å². The minimum absolute atomic E-state index is 0.0427. The molecule has 2 aromatic rings. The van der Waals surface area contributed by atoms with Crippen molar-refractivity contribution in [2.75, 3.05) is 37.7 Å². The van der Waals surface area contributed by atoms with Crippen LogP contribution in [0.3, 0.4) is 0 Å². The Balaban J connectivity index is 1.40. The number of carbonyl (C=O) groups is 1. The molecule has 1 amide bonds. The summed E-state index contributed by atoms with van der Waals surface area (Å²) in [7, 11) is 0. The van der Waals surface area contributed by atoms with Gasteiger partial charge in [-0.05, 0) is 44.2 Å². The molecule has 0 saturated carbocycles. The van der Waals surface area contributed by atoms with E-state index < -0.39 is 0 Å². The van der Waals surface area contributed by atoms with E-state index in [4.69, 9.17) is 19.4 Å². The van der Waals surface area contributed by atoms with Gasteiger partial charge in [0.25, 0.3) is 5.88 Å². The topological polar surface area (TPSA) is 76.6 Å². The summed E-state index contributed by atoms with van der Waals surface area (Å²) in [5.74, 6) is 1.57. The normalized spacial score (nSPS) is 20.2. The Labute approximate surface area is 171 Å². The number of benzene rings is 1. The first-order chi connectivity index (χ1) is 14.2. The maximum Gasteiger partial charge on any atom is 0.258 e. The molecule has 156 valence electrons. The molecule has 0 bridgehead atoms. The first kappa shape index (κ1) is 19.9. The Bertz CT molecular complexity index is 830. The van der Waals surface area contributed by atoms with Crippen LogP contribution < -0.4 is 15.0 Å². The van der Waals surface area contributed by atoms with Crippen LogP contribution in [0.4, 0.5) is 5.82 Å². The van der Waals surface area contributed by atoms with Crippen LogP contribution in [0.2, 0.25) is 0 Å². The highest BCUT2D eigenvalue weighted by Gasteiger charge is 2.28. The van der Waals surface area contributed by atoms with Crippen molar-refractivity contribution in [3.8, 4) is 5.88 Å². The Morgan fingerprint density at radius 3 is 2.66 bits per heavy atom. The van der Waals surface area contributed by atoms with Gasteiger partial charge in [-0.25, -0.2) is 9.97 Å². The molecule has 2 fully saturated rings. The second-order valence-electron chi connectivity index (χ2n) is 7.83. The molecule has 1 unspecified atom stereocenters. The fourth-order valence-electron chi connectivity index (χ4n) is 3.99. The van der Waals surface area contributed by atoms with Crippen molar-refractivity contribution >= 4 is 22.8 Å². The van der Waals surface area contributed by atoms with Crippen LogP contribution in [-0.2, 0) is 9.53 Å². The number of piperidine rings is 1. The number of rotatable bonds is 7. The van der Waals surface area contributed by atoms with E-state index in [0.29, 0.717) is 19.0 Å². The minimum Gasteiger partial charge on any atom is -0.475 e. The fraction of sp³-hybridized carbons (Fsp3) is 0.591. The Morgan fingerprint density at radius 2 is 1.97 bits per heavy atom. The molecule has 7 nitrogen and oxygen atoms in total. The fourth-order valence-corrected chi connectivity index (χ4v) is 3.99. The van der Waals surface area contributed by atoms with Crippen molar-refractivity contribution in [1.82, 2.24) is 15.3 Å². The van der Waals surface area contributed by atoms with E-state index in [1.165, 1.54) is 0 Å². The van der Waals surface area contributed by atoms with E-state index in [1.54, 1.807) is 0 Å². The number of fused-ring (bicyclic) bond motifs is 1. The van der Waals surface area contributed by atoms with Crippen LogP contribution in [0, 0.1) is 5.92 Å². The third-order valence-corrected chi connectivity index (χ3v) is 5.66. The van der Waals surface area contributed by atoms with E-state index in [9.17, 15) is 4.79 Å². The van der Waals surface area contributed by atoms with Crippen LogP contribution in [-0.4, -0.2) is 54.8 Å². The molecular formula is C22H30N4O3. The molecule has 2 aliphatic heterocycles. The molecule has 3 heterocycles. The van der Waals surface area contributed by atoms with E-state index in [0.717, 1.165) is 68.7 Å². The van der Waals surface area contributed by atoms with Gasteiger partial charge in [0.2, 0.25) is 5.91 Å². The van der Waals surface area contributed by atoms with E-state index in [1.807, 2.05) is 24.3 Å². The number of amides is 1. The summed E-state index contributed by atoms with van der Waals surface area (Å²) in [4.78, 5) is 24.3. The van der Waals surface area contributed by atoms with Crippen LogP contribution in [0.5, 0.6) is 5.88 Å². The molecule has 7 heteroatoms. The summed E-state index contributed by atoms with van der Waals surface area (Å²) in [6.07, 6.45) is 4.85. The smallest absolute Gasteiger partial charge is 0.258 e. The number of nitrogens with zero attached hydrogens (tertiary/aromatic N) is 3. The maximum absolute atomic E-state index is 12.5. The van der Waals surface area contributed by atoms with E-state index in [2.05, 4.69) is 17.1 Å². The number of carbonyl (C=O) groups excluding carboxylic acids is 1.